The van der Waals surface area contributed by atoms with Gasteiger partial charge in [-0.05, 0) is 0 Å². The average Bonchev–Trinajstić information content (AvgIpc) is 3.04. The molecule has 0 bridgehead atoms. The molecule has 0 spiro atoms. The zero-order valence-electron chi connectivity index (χ0n) is 12.3. The van der Waals surface area contributed by atoms with Crippen LogP contribution in [0.5, 0.6) is 0 Å². The number of rotatable bonds is 8. The summed E-state index contributed by atoms with van der Waals surface area (Å²) >= 11 is 1.23. The summed E-state index contributed by atoms with van der Waals surface area (Å²) in [4.78, 5) is 0. The van der Waals surface area contributed by atoms with Crippen LogP contribution in [0.2, 0.25) is 0 Å². The molecule has 0 fully saturated rings. The van der Waals surface area contributed by atoms with Crippen molar-refractivity contribution in [1.82, 2.24) is 0 Å². The summed E-state index contributed by atoms with van der Waals surface area (Å²) in [6.45, 7) is 4.57. The molecule has 19 heavy (non-hydrogen) atoms. The van der Waals surface area contributed by atoms with Gasteiger partial charge in [0.05, 0.1) is 0 Å². The van der Waals surface area contributed by atoms with Crippen LogP contribution in [-0.2, 0) is 15.0 Å². The molecule has 0 radical (unpaired) electrons. The van der Waals surface area contributed by atoms with Crippen molar-refractivity contribution in [3.8, 4) is 0 Å². The normalized spacial score (nSPS) is 18.4. The Kier molecular flexibility index (Phi) is 6.20. The first-order valence-corrected chi connectivity index (χ1v) is 8.85. The predicted molar refractivity (Wildman–Crippen MR) is 80.6 cm³/mol. The van der Waals surface area contributed by atoms with Gasteiger partial charge in [0.1, 0.15) is 0 Å². The molecule has 0 saturated heterocycles. The number of unbranched alkanes of at least 4 members (excludes halogenated alkanes) is 2. The summed E-state index contributed by atoms with van der Waals surface area (Å²) in [5.74, 6) is 0. The van der Waals surface area contributed by atoms with E-state index in [-0.39, 0.29) is 0 Å². The maximum absolute atomic E-state index is 2.37. The van der Waals surface area contributed by atoms with Gasteiger partial charge >= 0.3 is 125 Å². The SMILES string of the molecule is CCCCC1=[C]([Fe][C]2=C(CCCC)C=CC2)CC=C1. The third-order valence-electron chi connectivity index (χ3n) is 3.72. The second-order valence-electron chi connectivity index (χ2n) is 5.34. The van der Waals surface area contributed by atoms with Gasteiger partial charge in [-0.1, -0.05) is 0 Å². The van der Waals surface area contributed by atoms with Crippen LogP contribution in [-0.4, -0.2) is 0 Å². The van der Waals surface area contributed by atoms with E-state index < -0.39 is 0 Å². The molecule has 0 heterocycles. The van der Waals surface area contributed by atoms with Crippen molar-refractivity contribution in [1.29, 1.82) is 0 Å². The summed E-state index contributed by atoms with van der Waals surface area (Å²) in [5, 5.41) is 0. The second-order valence-corrected chi connectivity index (χ2v) is 6.95. The van der Waals surface area contributed by atoms with Crippen LogP contribution < -0.4 is 0 Å². The standard InChI is InChI=1S/2C9H13.Fe/c2*1-2-3-6-9-7-4-5-8-9;/h2*4,7H,2-3,5-6H2,1H3;. The summed E-state index contributed by atoms with van der Waals surface area (Å²) < 4.78 is 3.39. The predicted octanol–water partition coefficient (Wildman–Crippen LogP) is 5.88. The van der Waals surface area contributed by atoms with Gasteiger partial charge in [0.15, 0.2) is 0 Å². The second kappa shape index (κ2) is 7.92. The van der Waals surface area contributed by atoms with Crippen LogP contribution in [0.1, 0.15) is 65.2 Å². The minimum atomic E-state index is 1.20. The molecule has 0 N–H and O–H groups in total. The van der Waals surface area contributed by atoms with E-state index >= 15 is 0 Å². The molecule has 0 unspecified atom stereocenters. The summed E-state index contributed by atoms with van der Waals surface area (Å²) in [6.07, 6.45) is 19.7. The van der Waals surface area contributed by atoms with E-state index in [9.17, 15) is 0 Å². The maximum atomic E-state index is 2.37. The first-order valence-electron chi connectivity index (χ1n) is 7.74. The Hall–Kier alpha value is -0.521. The number of hydrogen-bond acceptors (Lipinski definition) is 0. The summed E-state index contributed by atoms with van der Waals surface area (Å²) in [5.41, 5.74) is 3.27. The van der Waals surface area contributed by atoms with Crippen LogP contribution in [0, 0.1) is 0 Å². The van der Waals surface area contributed by atoms with Crippen molar-refractivity contribution in [2.45, 2.75) is 65.2 Å². The fourth-order valence-corrected chi connectivity index (χ4v) is 4.23. The quantitative estimate of drug-likeness (QED) is 0.491. The Morgan fingerprint density at radius 3 is 1.74 bits per heavy atom. The molecule has 0 aromatic heterocycles. The minimum absolute atomic E-state index is 1.20. The summed E-state index contributed by atoms with van der Waals surface area (Å²) in [7, 11) is 0. The fourth-order valence-electron chi connectivity index (χ4n) is 2.52. The van der Waals surface area contributed by atoms with Crippen LogP contribution in [0.15, 0.2) is 44.4 Å². The topological polar surface area (TPSA) is 0 Å². The average molecular weight is 298 g/mol. The molecule has 0 aromatic rings. The Morgan fingerprint density at radius 1 is 0.842 bits per heavy atom. The van der Waals surface area contributed by atoms with Crippen LogP contribution in [0.4, 0.5) is 0 Å². The molecular formula is C18H26Fe. The van der Waals surface area contributed by atoms with Crippen LogP contribution in [0.25, 0.3) is 0 Å². The Morgan fingerprint density at radius 2 is 1.32 bits per heavy atom. The molecule has 2 aliphatic rings. The Labute approximate surface area is 124 Å². The molecule has 0 aromatic carbocycles. The van der Waals surface area contributed by atoms with Gasteiger partial charge in [0.2, 0.25) is 0 Å². The number of hydrogen-bond donors (Lipinski definition) is 0. The van der Waals surface area contributed by atoms with Gasteiger partial charge < -0.3 is 0 Å². The molecule has 2 rings (SSSR count). The van der Waals surface area contributed by atoms with Gasteiger partial charge in [-0.2, -0.15) is 0 Å². The molecule has 0 nitrogen and oxygen atoms in total. The van der Waals surface area contributed by atoms with Crippen molar-refractivity contribution in [3.05, 3.63) is 44.4 Å². The monoisotopic (exact) mass is 298 g/mol. The molecule has 0 amide bonds. The van der Waals surface area contributed by atoms with E-state index in [4.69, 9.17) is 0 Å². The third-order valence-corrected chi connectivity index (χ3v) is 5.54. The Balaban J connectivity index is 1.99. The van der Waals surface area contributed by atoms with Gasteiger partial charge in [0, 0.05) is 0 Å². The van der Waals surface area contributed by atoms with E-state index in [1.54, 1.807) is 20.1 Å². The van der Waals surface area contributed by atoms with Crippen molar-refractivity contribution < 1.29 is 15.0 Å². The van der Waals surface area contributed by atoms with E-state index in [0.29, 0.717) is 0 Å². The third kappa shape index (κ3) is 4.23. The first-order chi connectivity index (χ1) is 9.35. The molecular weight excluding hydrogens is 272 g/mol. The molecule has 0 aliphatic heterocycles. The zero-order chi connectivity index (χ0) is 13.5. The van der Waals surface area contributed by atoms with E-state index in [1.807, 2.05) is 0 Å². The van der Waals surface area contributed by atoms with Gasteiger partial charge in [-0.3, -0.25) is 0 Å². The molecule has 0 saturated carbocycles. The Bertz CT molecular complexity index is 381. The van der Waals surface area contributed by atoms with Gasteiger partial charge in [0.25, 0.3) is 0 Å². The number of allylic oxidation sites excluding steroid dienone is 8. The van der Waals surface area contributed by atoms with Crippen molar-refractivity contribution in [2.75, 3.05) is 0 Å². The molecule has 0 atom stereocenters. The van der Waals surface area contributed by atoms with E-state index in [0.717, 1.165) is 0 Å². The van der Waals surface area contributed by atoms with Gasteiger partial charge in [-0.25, -0.2) is 0 Å². The van der Waals surface area contributed by atoms with Crippen molar-refractivity contribution in [2.24, 2.45) is 0 Å². The molecule has 1 heteroatoms. The first kappa shape index (κ1) is 14.9. The zero-order valence-corrected chi connectivity index (χ0v) is 13.4. The van der Waals surface area contributed by atoms with E-state index in [1.165, 1.54) is 66.3 Å². The van der Waals surface area contributed by atoms with Crippen molar-refractivity contribution >= 4 is 0 Å². The van der Waals surface area contributed by atoms with Gasteiger partial charge in [-0.15, -0.1) is 0 Å². The summed E-state index contributed by atoms with van der Waals surface area (Å²) in [6, 6.07) is 0. The fraction of sp³-hybridized carbons (Fsp3) is 0.556. The molecule has 2 aliphatic carbocycles. The van der Waals surface area contributed by atoms with Crippen LogP contribution >= 0.6 is 0 Å². The van der Waals surface area contributed by atoms with Crippen molar-refractivity contribution in [3.63, 3.8) is 0 Å². The van der Waals surface area contributed by atoms with Crippen LogP contribution in [0.3, 0.4) is 0 Å². The molecule has 106 valence electrons. The van der Waals surface area contributed by atoms with E-state index in [2.05, 4.69) is 38.2 Å².